The minimum atomic E-state index is -0.244. The highest BCUT2D eigenvalue weighted by atomic mass is 16.5. The molecule has 0 bridgehead atoms. The Labute approximate surface area is 216 Å². The lowest BCUT2D eigenvalue weighted by molar-refractivity contribution is 0.188. The highest BCUT2D eigenvalue weighted by molar-refractivity contribution is 5.71. The van der Waals surface area contributed by atoms with E-state index in [2.05, 4.69) is 71.7 Å². The molecule has 3 aromatic heterocycles. The van der Waals surface area contributed by atoms with Gasteiger partial charge in [-0.1, -0.05) is 66.7 Å². The molecule has 3 heterocycles. The number of benzene rings is 2. The van der Waals surface area contributed by atoms with E-state index in [1.165, 1.54) is 27.9 Å². The van der Waals surface area contributed by atoms with Gasteiger partial charge in [0.1, 0.15) is 11.6 Å². The Kier molecular flexibility index (Phi) is 5.07. The minimum Gasteiger partial charge on any atom is -0.361 e. The van der Waals surface area contributed by atoms with Crippen LogP contribution in [0.25, 0.3) is 22.4 Å². The molecule has 0 saturated carbocycles. The molecular weight excluding hydrogens is 456 g/mol. The SMILES string of the molecule is Cc1nc(-c2ccc(-c3ccncc3)cc2)c2c(n1)[C@@]1(c3ccccc3)Cc3cnoc3[C@@H](C)[C@@H]1CC2. The van der Waals surface area contributed by atoms with Gasteiger partial charge in [0, 0.05) is 40.4 Å². The van der Waals surface area contributed by atoms with Crippen LogP contribution < -0.4 is 0 Å². The quantitative estimate of drug-likeness (QED) is 0.285. The molecule has 2 aromatic carbocycles. The van der Waals surface area contributed by atoms with Crippen LogP contribution >= 0.6 is 0 Å². The maximum absolute atomic E-state index is 5.76. The van der Waals surface area contributed by atoms with E-state index in [9.17, 15) is 0 Å². The summed E-state index contributed by atoms with van der Waals surface area (Å²) in [6, 6.07) is 23.8. The summed E-state index contributed by atoms with van der Waals surface area (Å²) in [7, 11) is 0. The molecule has 0 N–H and O–H groups in total. The Morgan fingerprint density at radius 2 is 1.59 bits per heavy atom. The molecule has 0 unspecified atom stereocenters. The number of hydrogen-bond acceptors (Lipinski definition) is 5. The summed E-state index contributed by atoms with van der Waals surface area (Å²) in [6.07, 6.45) is 8.42. The Hall–Kier alpha value is -4.12. The third-order valence-electron chi connectivity index (χ3n) is 8.50. The molecule has 0 amide bonds. The zero-order valence-electron chi connectivity index (χ0n) is 21.1. The summed E-state index contributed by atoms with van der Waals surface area (Å²) in [6.45, 7) is 4.32. The number of pyridine rings is 1. The van der Waals surface area contributed by atoms with Gasteiger partial charge in [0.2, 0.25) is 0 Å². The molecule has 0 radical (unpaired) electrons. The van der Waals surface area contributed by atoms with Crippen molar-refractivity contribution in [3.63, 3.8) is 0 Å². The normalized spacial score (nSPS) is 22.1. The minimum absolute atomic E-state index is 0.244. The summed E-state index contributed by atoms with van der Waals surface area (Å²) >= 11 is 0. The summed E-state index contributed by atoms with van der Waals surface area (Å²) in [5.41, 5.74) is 9.24. The van der Waals surface area contributed by atoms with E-state index >= 15 is 0 Å². The standard InChI is InChI=1S/C32H28N4O/c1-20-28-13-12-27-29(24-10-8-22(9-11-24)23-14-16-33-17-15-23)35-21(2)36-31(27)32(28,26-6-4-3-5-7-26)18-25-19-34-37-30(20)25/h3-11,14-17,19-20,28H,12-13,18H2,1-2H3/t20-,28-,32+/m0/s1. The van der Waals surface area contributed by atoms with E-state index in [4.69, 9.17) is 14.5 Å². The van der Waals surface area contributed by atoms with Gasteiger partial charge >= 0.3 is 0 Å². The van der Waals surface area contributed by atoms with Crippen LogP contribution in [0.15, 0.2) is 89.8 Å². The van der Waals surface area contributed by atoms with Crippen molar-refractivity contribution in [1.29, 1.82) is 0 Å². The zero-order valence-corrected chi connectivity index (χ0v) is 21.1. The van der Waals surface area contributed by atoms with Crippen molar-refractivity contribution in [1.82, 2.24) is 20.1 Å². The molecule has 37 heavy (non-hydrogen) atoms. The van der Waals surface area contributed by atoms with Crippen LogP contribution in [-0.2, 0) is 18.3 Å². The van der Waals surface area contributed by atoms with Crippen LogP contribution in [0, 0.1) is 12.8 Å². The predicted molar refractivity (Wildman–Crippen MR) is 143 cm³/mol. The average molecular weight is 485 g/mol. The third kappa shape index (κ3) is 3.37. The molecule has 7 rings (SSSR count). The van der Waals surface area contributed by atoms with Crippen molar-refractivity contribution in [3.05, 3.63) is 119 Å². The smallest absolute Gasteiger partial charge is 0.143 e. The molecule has 5 heteroatoms. The van der Waals surface area contributed by atoms with Gasteiger partial charge in [-0.3, -0.25) is 4.98 Å². The van der Waals surface area contributed by atoms with E-state index < -0.39 is 0 Å². The second-order valence-electron chi connectivity index (χ2n) is 10.4. The fraction of sp³-hybridized carbons (Fsp3) is 0.250. The lowest BCUT2D eigenvalue weighted by Gasteiger charge is -2.50. The van der Waals surface area contributed by atoms with Gasteiger partial charge in [-0.25, -0.2) is 9.97 Å². The molecule has 2 aliphatic rings. The topological polar surface area (TPSA) is 64.7 Å². The molecule has 3 atom stereocenters. The molecular formula is C32H28N4O. The Morgan fingerprint density at radius 3 is 2.38 bits per heavy atom. The Balaban J connectivity index is 1.42. The highest BCUT2D eigenvalue weighted by Crippen LogP contribution is 2.57. The first kappa shape index (κ1) is 22.1. The summed E-state index contributed by atoms with van der Waals surface area (Å²) in [5.74, 6) is 2.49. The summed E-state index contributed by atoms with van der Waals surface area (Å²) in [4.78, 5) is 14.4. The Morgan fingerprint density at radius 1 is 0.865 bits per heavy atom. The van der Waals surface area contributed by atoms with E-state index in [0.717, 1.165) is 47.7 Å². The van der Waals surface area contributed by atoms with Gasteiger partial charge in [0.15, 0.2) is 0 Å². The number of hydrogen-bond donors (Lipinski definition) is 0. The number of aryl methyl sites for hydroxylation is 1. The fourth-order valence-electron chi connectivity index (χ4n) is 6.87. The number of nitrogens with zero attached hydrogens (tertiary/aromatic N) is 4. The molecule has 5 nitrogen and oxygen atoms in total. The molecule has 182 valence electrons. The van der Waals surface area contributed by atoms with Crippen LogP contribution in [0.2, 0.25) is 0 Å². The second-order valence-corrected chi connectivity index (χ2v) is 10.4. The zero-order chi connectivity index (χ0) is 25.0. The molecule has 2 aliphatic carbocycles. The summed E-state index contributed by atoms with van der Waals surface area (Å²) < 4.78 is 5.76. The predicted octanol–water partition coefficient (Wildman–Crippen LogP) is 6.71. The molecule has 0 fully saturated rings. The van der Waals surface area contributed by atoms with Gasteiger partial charge in [-0.05, 0) is 60.9 Å². The largest absolute Gasteiger partial charge is 0.361 e. The van der Waals surface area contributed by atoms with Crippen LogP contribution in [0.4, 0.5) is 0 Å². The van der Waals surface area contributed by atoms with Gasteiger partial charge in [0.05, 0.1) is 17.6 Å². The van der Waals surface area contributed by atoms with Crippen LogP contribution in [0.1, 0.15) is 53.2 Å². The number of rotatable bonds is 3. The number of aromatic nitrogens is 4. The van der Waals surface area contributed by atoms with Crippen molar-refractivity contribution in [2.24, 2.45) is 5.92 Å². The lowest BCUT2D eigenvalue weighted by Crippen LogP contribution is -2.48. The van der Waals surface area contributed by atoms with Gasteiger partial charge in [-0.2, -0.15) is 0 Å². The van der Waals surface area contributed by atoms with E-state index in [1.807, 2.05) is 37.6 Å². The van der Waals surface area contributed by atoms with Gasteiger partial charge in [-0.15, -0.1) is 0 Å². The molecule has 0 aliphatic heterocycles. The van der Waals surface area contributed by atoms with Crippen molar-refractivity contribution in [2.45, 2.75) is 44.4 Å². The van der Waals surface area contributed by atoms with Crippen LogP contribution in [0.5, 0.6) is 0 Å². The average Bonchev–Trinajstić information content (AvgIpc) is 3.42. The first-order valence-corrected chi connectivity index (χ1v) is 13.0. The maximum atomic E-state index is 5.76. The van der Waals surface area contributed by atoms with E-state index in [0.29, 0.717) is 5.92 Å². The lowest BCUT2D eigenvalue weighted by atomic mass is 9.53. The first-order valence-electron chi connectivity index (χ1n) is 13.0. The van der Waals surface area contributed by atoms with Crippen LogP contribution in [0.3, 0.4) is 0 Å². The van der Waals surface area contributed by atoms with Gasteiger partial charge < -0.3 is 4.52 Å². The maximum Gasteiger partial charge on any atom is 0.143 e. The number of fused-ring (bicyclic) bond motifs is 4. The molecule has 5 aromatic rings. The van der Waals surface area contributed by atoms with Gasteiger partial charge in [0.25, 0.3) is 0 Å². The van der Waals surface area contributed by atoms with Crippen molar-refractivity contribution in [2.75, 3.05) is 0 Å². The fourth-order valence-corrected chi connectivity index (χ4v) is 6.87. The van der Waals surface area contributed by atoms with Crippen LogP contribution in [-0.4, -0.2) is 20.1 Å². The highest BCUT2D eigenvalue weighted by Gasteiger charge is 2.54. The summed E-state index contributed by atoms with van der Waals surface area (Å²) in [5, 5.41) is 4.20. The first-order chi connectivity index (χ1) is 18.1. The third-order valence-corrected chi connectivity index (χ3v) is 8.50. The van der Waals surface area contributed by atoms with E-state index in [1.54, 1.807) is 0 Å². The molecule has 0 saturated heterocycles. The second kappa shape index (κ2) is 8.48. The van der Waals surface area contributed by atoms with E-state index in [-0.39, 0.29) is 11.3 Å². The molecule has 0 spiro atoms. The van der Waals surface area contributed by atoms with Crippen molar-refractivity contribution < 1.29 is 4.52 Å². The van der Waals surface area contributed by atoms with Crippen molar-refractivity contribution >= 4 is 0 Å². The Bertz CT molecular complexity index is 1580. The monoisotopic (exact) mass is 484 g/mol. The van der Waals surface area contributed by atoms with Crippen molar-refractivity contribution in [3.8, 4) is 22.4 Å².